The number of hydrogen-bond donors (Lipinski definition) is 1. The van der Waals surface area contributed by atoms with Crippen molar-refractivity contribution in [2.45, 2.75) is 4.90 Å². The minimum atomic E-state index is -3.59. The predicted molar refractivity (Wildman–Crippen MR) is 95.4 cm³/mol. The molecule has 0 aliphatic heterocycles. The number of rotatable bonds is 6. The molecule has 0 heterocycles. The number of sulfonamides is 1. The molecule has 0 aliphatic rings. The molecule has 24 heavy (non-hydrogen) atoms. The molecule has 2 aromatic rings. The third-order valence-corrected chi connectivity index (χ3v) is 4.58. The average Bonchev–Trinajstić information content (AvgIpc) is 2.59. The first kappa shape index (κ1) is 17.7. The number of hydrogen-bond acceptors (Lipinski definition) is 5. The number of terminal acetylenes is 1. The van der Waals surface area contributed by atoms with Crippen LogP contribution in [0, 0.1) is 12.3 Å². The summed E-state index contributed by atoms with van der Waals surface area (Å²) in [5.41, 5.74) is 2.35. The lowest BCUT2D eigenvalue weighted by Gasteiger charge is -2.11. The van der Waals surface area contributed by atoms with Crippen LogP contribution in [0.2, 0.25) is 0 Å². The molecule has 0 unspecified atom stereocenters. The van der Waals surface area contributed by atoms with Gasteiger partial charge in [0.2, 0.25) is 10.0 Å². The van der Waals surface area contributed by atoms with Crippen molar-refractivity contribution in [1.29, 1.82) is 0 Å². The third kappa shape index (κ3) is 4.65. The molecule has 0 aliphatic carbocycles. The third-order valence-electron chi connectivity index (χ3n) is 3.16. The van der Waals surface area contributed by atoms with Crippen LogP contribution in [-0.2, 0) is 10.0 Å². The van der Waals surface area contributed by atoms with Gasteiger partial charge in [-0.1, -0.05) is 5.92 Å². The molecule has 124 valence electrons. The van der Waals surface area contributed by atoms with Crippen molar-refractivity contribution >= 4 is 27.1 Å². The lowest BCUT2D eigenvalue weighted by molar-refractivity contribution is 0.586. The summed E-state index contributed by atoms with van der Waals surface area (Å²) in [5.74, 6) is 2.23. The Balaban J connectivity index is 2.10. The smallest absolute Gasteiger partial charge is 0.241 e. The van der Waals surface area contributed by atoms with Crippen molar-refractivity contribution in [3.05, 3.63) is 48.5 Å². The molecular weight excluding hydrogens is 324 g/mol. The molecule has 0 saturated carbocycles. The molecule has 0 atom stereocenters. The second kappa shape index (κ2) is 7.73. The first-order valence-corrected chi connectivity index (χ1v) is 8.63. The minimum Gasteiger partial charge on any atom is -0.378 e. The summed E-state index contributed by atoms with van der Waals surface area (Å²) < 4.78 is 26.1. The van der Waals surface area contributed by atoms with Crippen LogP contribution < -0.4 is 9.62 Å². The van der Waals surface area contributed by atoms with Gasteiger partial charge in [-0.15, -0.1) is 6.42 Å². The van der Waals surface area contributed by atoms with Gasteiger partial charge in [-0.2, -0.15) is 15.0 Å². The Labute approximate surface area is 142 Å². The van der Waals surface area contributed by atoms with Gasteiger partial charge in [-0.3, -0.25) is 0 Å². The number of nitrogens with one attached hydrogen (secondary N) is 1. The maximum Gasteiger partial charge on any atom is 0.241 e. The van der Waals surface area contributed by atoms with Gasteiger partial charge in [0.25, 0.3) is 0 Å². The zero-order valence-electron chi connectivity index (χ0n) is 13.5. The Hall–Kier alpha value is -2.69. The fourth-order valence-corrected chi connectivity index (χ4v) is 2.78. The van der Waals surface area contributed by atoms with Crippen LogP contribution in [0.1, 0.15) is 0 Å². The van der Waals surface area contributed by atoms with E-state index in [0.717, 1.165) is 5.69 Å². The van der Waals surface area contributed by atoms with E-state index in [1.807, 2.05) is 43.3 Å². The number of nitrogens with zero attached hydrogens (tertiary/aromatic N) is 3. The Morgan fingerprint density at radius 3 is 1.96 bits per heavy atom. The molecule has 0 bridgehead atoms. The molecule has 0 fully saturated rings. The van der Waals surface area contributed by atoms with Crippen LogP contribution in [0.15, 0.2) is 63.7 Å². The standard InChI is InChI=1S/C17H18N4O2S/c1-4-13-18-24(22,23)17-11-7-15(8-12-17)20-19-14-5-9-16(10-6-14)21(2)3/h1,5-12,18H,13H2,2-3H3/b20-19+. The topological polar surface area (TPSA) is 74.1 Å². The molecule has 0 aromatic heterocycles. The van der Waals surface area contributed by atoms with E-state index in [1.54, 1.807) is 12.1 Å². The largest absolute Gasteiger partial charge is 0.378 e. The van der Waals surface area contributed by atoms with Crippen molar-refractivity contribution in [2.75, 3.05) is 25.5 Å². The normalized spacial score (nSPS) is 11.4. The van der Waals surface area contributed by atoms with Gasteiger partial charge in [-0.25, -0.2) is 8.42 Å². The maximum absolute atomic E-state index is 11.9. The predicted octanol–water partition coefficient (Wildman–Crippen LogP) is 3.08. The number of azo groups is 1. The lowest BCUT2D eigenvalue weighted by atomic mass is 10.3. The first-order valence-electron chi connectivity index (χ1n) is 7.15. The van der Waals surface area contributed by atoms with Crippen LogP contribution >= 0.6 is 0 Å². The zero-order valence-corrected chi connectivity index (χ0v) is 14.3. The van der Waals surface area contributed by atoms with E-state index in [4.69, 9.17) is 6.42 Å². The highest BCUT2D eigenvalue weighted by Crippen LogP contribution is 2.22. The van der Waals surface area contributed by atoms with Crippen LogP contribution in [-0.4, -0.2) is 29.1 Å². The SMILES string of the molecule is C#CCNS(=O)(=O)c1ccc(/N=N/c2ccc(N(C)C)cc2)cc1. The van der Waals surface area contributed by atoms with E-state index < -0.39 is 10.0 Å². The molecule has 0 amide bonds. The summed E-state index contributed by atoms with van der Waals surface area (Å²) >= 11 is 0. The van der Waals surface area contributed by atoms with E-state index >= 15 is 0 Å². The van der Waals surface area contributed by atoms with Gasteiger partial charge < -0.3 is 4.90 Å². The second-order valence-corrected chi connectivity index (χ2v) is 6.90. The number of anilines is 1. The fourth-order valence-electron chi connectivity index (χ4n) is 1.84. The van der Waals surface area contributed by atoms with Gasteiger partial charge in [0, 0.05) is 19.8 Å². The Kier molecular flexibility index (Phi) is 5.68. The van der Waals surface area contributed by atoms with Crippen molar-refractivity contribution in [2.24, 2.45) is 10.2 Å². The van der Waals surface area contributed by atoms with Crippen LogP contribution in [0.25, 0.3) is 0 Å². The first-order chi connectivity index (χ1) is 11.4. The van der Waals surface area contributed by atoms with E-state index in [2.05, 4.69) is 20.9 Å². The Morgan fingerprint density at radius 1 is 1.00 bits per heavy atom. The second-order valence-electron chi connectivity index (χ2n) is 5.13. The molecular formula is C17H18N4O2S. The van der Waals surface area contributed by atoms with Crippen LogP contribution in [0.4, 0.5) is 17.1 Å². The summed E-state index contributed by atoms with van der Waals surface area (Å²) in [7, 11) is 0.337. The summed E-state index contributed by atoms with van der Waals surface area (Å²) in [6.45, 7) is -0.0489. The molecule has 0 saturated heterocycles. The van der Waals surface area contributed by atoms with Crippen LogP contribution in [0.5, 0.6) is 0 Å². The van der Waals surface area contributed by atoms with Crippen molar-refractivity contribution in [3.63, 3.8) is 0 Å². The molecule has 7 heteroatoms. The molecule has 1 N–H and O–H groups in total. The van der Waals surface area contributed by atoms with Gasteiger partial charge in [-0.05, 0) is 48.5 Å². The molecule has 0 spiro atoms. The Bertz CT molecular complexity index is 849. The summed E-state index contributed by atoms with van der Waals surface area (Å²) in [6, 6.07) is 13.7. The molecule has 6 nitrogen and oxygen atoms in total. The maximum atomic E-state index is 11.9. The van der Waals surface area contributed by atoms with Gasteiger partial charge in [0.15, 0.2) is 0 Å². The highest BCUT2D eigenvalue weighted by molar-refractivity contribution is 7.89. The van der Waals surface area contributed by atoms with Gasteiger partial charge >= 0.3 is 0 Å². The molecule has 2 aromatic carbocycles. The number of benzene rings is 2. The van der Waals surface area contributed by atoms with Gasteiger partial charge in [0.05, 0.1) is 22.8 Å². The molecule has 2 rings (SSSR count). The fraction of sp³-hybridized carbons (Fsp3) is 0.176. The highest BCUT2D eigenvalue weighted by Gasteiger charge is 2.12. The zero-order chi connectivity index (χ0) is 17.6. The van der Waals surface area contributed by atoms with Crippen LogP contribution in [0.3, 0.4) is 0 Å². The Morgan fingerprint density at radius 2 is 1.50 bits per heavy atom. The van der Waals surface area contributed by atoms with E-state index in [-0.39, 0.29) is 11.4 Å². The van der Waals surface area contributed by atoms with Crippen molar-refractivity contribution in [1.82, 2.24) is 4.72 Å². The average molecular weight is 342 g/mol. The monoisotopic (exact) mass is 342 g/mol. The quantitative estimate of drug-likeness (QED) is 0.647. The van der Waals surface area contributed by atoms with Gasteiger partial charge in [0.1, 0.15) is 0 Å². The summed E-state index contributed by atoms with van der Waals surface area (Å²) in [5, 5.41) is 8.23. The van der Waals surface area contributed by atoms with Crippen molar-refractivity contribution < 1.29 is 8.42 Å². The van der Waals surface area contributed by atoms with E-state index in [0.29, 0.717) is 11.4 Å². The summed E-state index contributed by atoms with van der Waals surface area (Å²) in [4.78, 5) is 2.13. The highest BCUT2D eigenvalue weighted by atomic mass is 32.2. The van der Waals surface area contributed by atoms with Crippen molar-refractivity contribution in [3.8, 4) is 12.3 Å². The summed E-state index contributed by atoms with van der Waals surface area (Å²) in [6.07, 6.45) is 5.05. The minimum absolute atomic E-state index is 0.0489. The lowest BCUT2D eigenvalue weighted by Crippen LogP contribution is -2.23. The van der Waals surface area contributed by atoms with E-state index in [1.165, 1.54) is 12.1 Å². The van der Waals surface area contributed by atoms with E-state index in [9.17, 15) is 8.42 Å². The molecule has 0 radical (unpaired) electrons.